The van der Waals surface area contributed by atoms with Gasteiger partial charge in [-0.1, -0.05) is 17.7 Å². The van der Waals surface area contributed by atoms with Gasteiger partial charge in [-0.2, -0.15) is 5.10 Å². The highest BCUT2D eigenvalue weighted by Gasteiger charge is 2.16. The van der Waals surface area contributed by atoms with Gasteiger partial charge in [-0.05, 0) is 31.2 Å². The first-order valence-electron chi connectivity index (χ1n) is 7.58. The molecule has 1 aromatic heterocycles. The van der Waals surface area contributed by atoms with Crippen LogP contribution in [0.4, 0.5) is 0 Å². The fourth-order valence-corrected chi connectivity index (χ4v) is 2.64. The third kappa shape index (κ3) is 4.03. The quantitative estimate of drug-likeness (QED) is 0.873. The number of halogens is 1. The van der Waals surface area contributed by atoms with E-state index in [-0.39, 0.29) is 5.91 Å². The molecule has 1 atom stereocenters. The first kappa shape index (κ1) is 15.8. The second kappa shape index (κ2) is 7.02. The number of carbonyl (C=O) groups excluding carboxylic acids is 1. The molecule has 0 saturated carbocycles. The minimum Gasteiger partial charge on any atom is -0.481 e. The molecular weight excluding hydrogens is 316 g/mol. The van der Waals surface area contributed by atoms with Gasteiger partial charge in [0.25, 0.3) is 5.91 Å². The van der Waals surface area contributed by atoms with Crippen LogP contribution in [-0.4, -0.2) is 28.3 Å². The lowest BCUT2D eigenvalue weighted by molar-refractivity contribution is -0.127. The van der Waals surface area contributed by atoms with Gasteiger partial charge < -0.3 is 15.4 Å². The van der Waals surface area contributed by atoms with Crippen molar-refractivity contribution in [1.29, 1.82) is 0 Å². The largest absolute Gasteiger partial charge is 0.481 e. The summed E-state index contributed by atoms with van der Waals surface area (Å²) < 4.78 is 7.57. The van der Waals surface area contributed by atoms with E-state index in [1.54, 1.807) is 31.2 Å². The average Bonchev–Trinajstić information content (AvgIpc) is 2.95. The Balaban J connectivity index is 1.53. The second-order valence-corrected chi connectivity index (χ2v) is 5.90. The van der Waals surface area contributed by atoms with E-state index < -0.39 is 6.10 Å². The molecule has 2 N–H and O–H groups in total. The lowest BCUT2D eigenvalue weighted by Crippen LogP contribution is -2.36. The van der Waals surface area contributed by atoms with Gasteiger partial charge in [0.15, 0.2) is 6.10 Å². The molecule has 122 valence electrons. The highest BCUT2D eigenvalue weighted by atomic mass is 35.5. The van der Waals surface area contributed by atoms with Crippen molar-refractivity contribution in [3.8, 4) is 5.75 Å². The summed E-state index contributed by atoms with van der Waals surface area (Å²) in [6.45, 7) is 4.69. The number of aromatic nitrogens is 2. The van der Waals surface area contributed by atoms with Crippen LogP contribution in [0.5, 0.6) is 5.75 Å². The Labute approximate surface area is 139 Å². The molecule has 1 aliphatic rings. The monoisotopic (exact) mass is 334 g/mol. The number of nitrogens with zero attached hydrogens (tertiary/aromatic N) is 2. The first-order valence-corrected chi connectivity index (χ1v) is 7.96. The molecule has 0 bridgehead atoms. The van der Waals surface area contributed by atoms with Crippen LogP contribution in [0.15, 0.2) is 30.3 Å². The fourth-order valence-electron chi connectivity index (χ4n) is 2.46. The SMILES string of the molecule is CC(Oc1cccc(Cl)c1)C(=O)NCc1cc2n(n1)CCNC2. The van der Waals surface area contributed by atoms with Crippen LogP contribution in [0.1, 0.15) is 18.3 Å². The van der Waals surface area contributed by atoms with Crippen LogP contribution in [-0.2, 0) is 24.4 Å². The summed E-state index contributed by atoms with van der Waals surface area (Å²) in [4.78, 5) is 12.1. The molecule has 0 spiro atoms. The summed E-state index contributed by atoms with van der Waals surface area (Å²) in [5.74, 6) is 0.387. The maximum Gasteiger partial charge on any atom is 0.261 e. The van der Waals surface area contributed by atoms with E-state index >= 15 is 0 Å². The zero-order valence-electron chi connectivity index (χ0n) is 12.9. The van der Waals surface area contributed by atoms with Crippen LogP contribution in [0.2, 0.25) is 5.02 Å². The van der Waals surface area contributed by atoms with Crippen molar-refractivity contribution in [3.05, 3.63) is 46.7 Å². The third-order valence-electron chi connectivity index (χ3n) is 3.64. The molecule has 2 heterocycles. The summed E-state index contributed by atoms with van der Waals surface area (Å²) >= 11 is 5.90. The summed E-state index contributed by atoms with van der Waals surface area (Å²) in [6.07, 6.45) is -0.604. The van der Waals surface area contributed by atoms with Crippen molar-refractivity contribution in [2.24, 2.45) is 0 Å². The van der Waals surface area contributed by atoms with Crippen LogP contribution < -0.4 is 15.4 Å². The van der Waals surface area contributed by atoms with Gasteiger partial charge in [0.05, 0.1) is 24.5 Å². The van der Waals surface area contributed by atoms with Crippen molar-refractivity contribution < 1.29 is 9.53 Å². The first-order chi connectivity index (χ1) is 11.1. The molecule has 2 aromatic rings. The Hall–Kier alpha value is -2.05. The Bertz CT molecular complexity index is 678. The van der Waals surface area contributed by atoms with Gasteiger partial charge in [0.2, 0.25) is 0 Å². The fraction of sp³-hybridized carbons (Fsp3) is 0.375. The molecule has 0 aliphatic carbocycles. The van der Waals surface area contributed by atoms with E-state index in [1.165, 1.54) is 0 Å². The molecule has 1 unspecified atom stereocenters. The smallest absolute Gasteiger partial charge is 0.261 e. The molecule has 1 amide bonds. The number of hydrogen-bond donors (Lipinski definition) is 2. The van der Waals surface area contributed by atoms with Crippen molar-refractivity contribution >= 4 is 17.5 Å². The molecule has 7 heteroatoms. The predicted molar refractivity (Wildman–Crippen MR) is 87.3 cm³/mol. The molecular formula is C16H19ClN4O2. The number of benzene rings is 1. The van der Waals surface area contributed by atoms with Gasteiger partial charge in [-0.3, -0.25) is 9.48 Å². The number of ether oxygens (including phenoxy) is 1. The highest BCUT2D eigenvalue weighted by Crippen LogP contribution is 2.18. The highest BCUT2D eigenvalue weighted by molar-refractivity contribution is 6.30. The third-order valence-corrected chi connectivity index (χ3v) is 3.88. The van der Waals surface area contributed by atoms with Crippen LogP contribution in [0, 0.1) is 0 Å². The normalized spacial score (nSPS) is 14.9. The summed E-state index contributed by atoms with van der Waals surface area (Å²) in [5, 5.41) is 11.2. The number of carbonyl (C=O) groups is 1. The van der Waals surface area contributed by atoms with Gasteiger partial charge in [-0.15, -0.1) is 0 Å². The molecule has 3 rings (SSSR count). The number of fused-ring (bicyclic) bond motifs is 1. The van der Waals surface area contributed by atoms with E-state index in [0.29, 0.717) is 17.3 Å². The van der Waals surface area contributed by atoms with Gasteiger partial charge in [-0.25, -0.2) is 0 Å². The zero-order valence-corrected chi connectivity index (χ0v) is 13.6. The molecule has 6 nitrogen and oxygen atoms in total. The maximum absolute atomic E-state index is 12.1. The van der Waals surface area contributed by atoms with E-state index in [4.69, 9.17) is 16.3 Å². The van der Waals surface area contributed by atoms with E-state index in [1.807, 2.05) is 10.7 Å². The summed E-state index contributed by atoms with van der Waals surface area (Å²) in [6, 6.07) is 9.00. The molecule has 23 heavy (non-hydrogen) atoms. The zero-order chi connectivity index (χ0) is 16.2. The van der Waals surface area contributed by atoms with Crippen molar-refractivity contribution in [2.45, 2.75) is 32.7 Å². The molecule has 0 fully saturated rings. The van der Waals surface area contributed by atoms with Crippen molar-refractivity contribution in [1.82, 2.24) is 20.4 Å². The van der Waals surface area contributed by atoms with E-state index in [9.17, 15) is 4.79 Å². The maximum atomic E-state index is 12.1. The Kier molecular flexibility index (Phi) is 4.83. The Morgan fingerprint density at radius 1 is 1.52 bits per heavy atom. The average molecular weight is 335 g/mol. The van der Waals surface area contributed by atoms with Crippen molar-refractivity contribution in [3.63, 3.8) is 0 Å². The number of nitrogens with one attached hydrogen (secondary N) is 2. The van der Waals surface area contributed by atoms with E-state index in [2.05, 4.69) is 15.7 Å². The van der Waals surface area contributed by atoms with Crippen LogP contribution >= 0.6 is 11.6 Å². The topological polar surface area (TPSA) is 68.2 Å². The molecule has 0 radical (unpaired) electrons. The Morgan fingerprint density at radius 2 is 2.39 bits per heavy atom. The van der Waals surface area contributed by atoms with Crippen molar-refractivity contribution in [2.75, 3.05) is 6.54 Å². The lowest BCUT2D eigenvalue weighted by atomic mass is 10.3. The van der Waals surface area contributed by atoms with Gasteiger partial charge >= 0.3 is 0 Å². The number of hydrogen-bond acceptors (Lipinski definition) is 4. The van der Waals surface area contributed by atoms with Crippen LogP contribution in [0.3, 0.4) is 0 Å². The lowest BCUT2D eigenvalue weighted by Gasteiger charge is -2.14. The molecule has 1 aromatic carbocycles. The van der Waals surface area contributed by atoms with E-state index in [0.717, 1.165) is 31.0 Å². The predicted octanol–water partition coefficient (Wildman–Crippen LogP) is 1.72. The number of rotatable bonds is 5. The Morgan fingerprint density at radius 3 is 3.17 bits per heavy atom. The minimum atomic E-state index is -0.604. The molecule has 1 aliphatic heterocycles. The van der Waals surface area contributed by atoms with Gasteiger partial charge in [0, 0.05) is 18.1 Å². The minimum absolute atomic E-state index is 0.186. The summed E-state index contributed by atoms with van der Waals surface area (Å²) in [7, 11) is 0. The second-order valence-electron chi connectivity index (χ2n) is 5.46. The van der Waals surface area contributed by atoms with Crippen LogP contribution in [0.25, 0.3) is 0 Å². The summed E-state index contributed by atoms with van der Waals surface area (Å²) in [5.41, 5.74) is 2.00. The standard InChI is InChI=1S/C16H19ClN4O2/c1-11(23-15-4-2-3-12(17)7-15)16(22)19-9-13-8-14-10-18-5-6-21(14)20-13/h2-4,7-8,11,18H,5-6,9-10H2,1H3,(H,19,22). The molecule has 0 saturated heterocycles. The number of amides is 1. The van der Waals surface area contributed by atoms with Gasteiger partial charge in [0.1, 0.15) is 5.75 Å².